The smallest absolute Gasteiger partial charge is 0.336 e. The number of amides is 2. The Hall–Kier alpha value is -5.39. The minimum absolute atomic E-state index is 0.164. The average molecular weight is 660 g/mol. The van der Waals surface area contributed by atoms with Crippen LogP contribution in [0.5, 0.6) is 5.75 Å². The number of aromatic nitrogens is 1. The Kier molecular flexibility index (Phi) is 8.12. The van der Waals surface area contributed by atoms with E-state index in [1.54, 1.807) is 67.6 Å². The first-order valence-corrected chi connectivity index (χ1v) is 16.0. The number of ether oxygens (including phenoxy) is 1. The third-order valence-corrected chi connectivity index (χ3v) is 10.9. The molecule has 2 aliphatic heterocycles. The number of nitrogens with one attached hydrogen (secondary N) is 1. The minimum Gasteiger partial charge on any atom is -0.497 e. The van der Waals surface area contributed by atoms with Crippen molar-refractivity contribution < 1.29 is 40.5 Å². The maximum atomic E-state index is 15.4. The first kappa shape index (κ1) is 31.6. The highest BCUT2D eigenvalue weighted by atomic mass is 32.2. The number of sulfonamides is 1. The highest BCUT2D eigenvalue weighted by Gasteiger charge is 2.67. The molecule has 240 valence electrons. The van der Waals surface area contributed by atoms with Crippen LogP contribution in [0.4, 0.5) is 25.0 Å². The van der Waals surface area contributed by atoms with Crippen molar-refractivity contribution in [2.75, 3.05) is 23.4 Å². The predicted octanol–water partition coefficient (Wildman–Crippen LogP) is 3.87. The van der Waals surface area contributed by atoms with Crippen LogP contribution in [0.2, 0.25) is 0 Å². The van der Waals surface area contributed by atoms with Gasteiger partial charge >= 0.3 is 10.0 Å². The van der Waals surface area contributed by atoms with Crippen LogP contribution in [0.1, 0.15) is 30.0 Å². The zero-order valence-corrected chi connectivity index (χ0v) is 25.6. The van der Waals surface area contributed by atoms with Crippen molar-refractivity contribution in [3.63, 3.8) is 0 Å². The van der Waals surface area contributed by atoms with E-state index in [9.17, 15) is 32.8 Å². The number of piperazine rings is 1. The van der Waals surface area contributed by atoms with Gasteiger partial charge in [0, 0.05) is 35.4 Å². The molecule has 1 saturated heterocycles. The molecule has 0 aliphatic carbocycles. The zero-order chi connectivity index (χ0) is 33.5. The largest absolute Gasteiger partial charge is 0.497 e. The maximum Gasteiger partial charge on any atom is 0.336 e. The van der Waals surface area contributed by atoms with E-state index in [1.165, 1.54) is 17.3 Å². The fourth-order valence-corrected chi connectivity index (χ4v) is 8.75. The molecule has 0 bridgehead atoms. The molecule has 6 rings (SSSR count). The zero-order valence-electron chi connectivity index (χ0n) is 24.8. The van der Waals surface area contributed by atoms with Crippen LogP contribution in [0.3, 0.4) is 0 Å². The molecule has 1 fully saturated rings. The number of para-hydroxylation sites is 2. The highest BCUT2D eigenvalue weighted by molar-refractivity contribution is 7.86. The number of halogens is 2. The molecule has 4 aromatic rings. The number of hydrogen-bond acceptors (Lipinski definition) is 9. The molecular weight excluding hydrogens is 632 g/mol. The number of carbonyl (C=O) groups excluding carboxylic acids is 2. The van der Waals surface area contributed by atoms with E-state index in [0.29, 0.717) is 29.6 Å². The summed E-state index contributed by atoms with van der Waals surface area (Å²) in [5.74, 6) is -4.63. The fourth-order valence-electron chi connectivity index (χ4n) is 6.77. The third kappa shape index (κ3) is 4.95. The average Bonchev–Trinajstić information content (AvgIpc) is 3.39. The molecule has 47 heavy (non-hydrogen) atoms. The van der Waals surface area contributed by atoms with Crippen molar-refractivity contribution in [2.45, 2.75) is 35.9 Å². The summed E-state index contributed by atoms with van der Waals surface area (Å²) in [7, 11) is -5.47. The molecular formula is C33H27F2N5O6S. The molecule has 11 nitrogen and oxygen atoms in total. The van der Waals surface area contributed by atoms with Crippen LogP contribution in [-0.4, -0.2) is 54.5 Å². The monoisotopic (exact) mass is 659 g/mol. The number of carbonyl (C=O) groups is 2. The summed E-state index contributed by atoms with van der Waals surface area (Å²) in [5.41, 5.74) is 1.22. The van der Waals surface area contributed by atoms with Crippen LogP contribution in [0.15, 0.2) is 96.2 Å². The Morgan fingerprint density at radius 1 is 1.09 bits per heavy atom. The SMILES string of the molecule is CCOc1ccccc1C1C(C2C(=O)Nc3ccccc32)[N+](C(=O)[O-])(S(=O)(=O)c2ccc(F)cc2F)CC(C#N)N1c1ccncc1. The quantitative estimate of drug-likeness (QED) is 0.292. The van der Waals surface area contributed by atoms with Gasteiger partial charge in [0.1, 0.15) is 35.9 Å². The molecule has 0 radical (unpaired) electrons. The van der Waals surface area contributed by atoms with Gasteiger partial charge in [0.2, 0.25) is 5.91 Å². The van der Waals surface area contributed by atoms with E-state index in [-0.39, 0.29) is 23.5 Å². The van der Waals surface area contributed by atoms with Gasteiger partial charge in [-0.05, 0) is 48.9 Å². The predicted molar refractivity (Wildman–Crippen MR) is 162 cm³/mol. The van der Waals surface area contributed by atoms with E-state index < -0.39 is 73.0 Å². The summed E-state index contributed by atoms with van der Waals surface area (Å²) in [6.45, 7) is 0.889. The summed E-state index contributed by atoms with van der Waals surface area (Å²) in [4.78, 5) is 32.2. The number of anilines is 2. The van der Waals surface area contributed by atoms with Crippen molar-refractivity contribution in [3.8, 4) is 11.8 Å². The number of quaternary nitrogens is 1. The number of nitriles is 1. The first-order valence-electron chi connectivity index (χ1n) is 14.6. The topological polar surface area (TPSA) is 153 Å². The number of benzene rings is 3. The van der Waals surface area contributed by atoms with Crippen LogP contribution in [0.25, 0.3) is 0 Å². The van der Waals surface area contributed by atoms with Gasteiger partial charge in [0.05, 0.1) is 12.7 Å². The van der Waals surface area contributed by atoms with E-state index in [4.69, 9.17) is 4.74 Å². The Morgan fingerprint density at radius 2 is 1.77 bits per heavy atom. The Balaban J connectivity index is 1.77. The van der Waals surface area contributed by atoms with E-state index in [1.807, 2.05) is 6.07 Å². The second-order valence-corrected chi connectivity index (χ2v) is 13.1. The van der Waals surface area contributed by atoms with Gasteiger partial charge in [-0.3, -0.25) is 9.78 Å². The normalized spacial score (nSPS) is 23.8. The lowest BCUT2D eigenvalue weighted by Crippen LogP contribution is -2.77. The summed E-state index contributed by atoms with van der Waals surface area (Å²) >= 11 is 0. The third-order valence-electron chi connectivity index (χ3n) is 8.62. The molecule has 5 unspecified atom stereocenters. The molecule has 1 N–H and O–H groups in total. The second-order valence-electron chi connectivity index (χ2n) is 11.0. The van der Waals surface area contributed by atoms with Crippen LogP contribution < -0.4 is 20.1 Å². The Bertz CT molecular complexity index is 2030. The van der Waals surface area contributed by atoms with Gasteiger partial charge in [0.15, 0.2) is 17.0 Å². The molecule has 5 atom stereocenters. The number of fused-ring (bicyclic) bond motifs is 1. The van der Waals surface area contributed by atoms with E-state index >= 15 is 4.39 Å². The molecule has 3 heterocycles. The first-order chi connectivity index (χ1) is 22.6. The molecule has 0 spiro atoms. The molecule has 3 aromatic carbocycles. The number of pyridine rings is 1. The Morgan fingerprint density at radius 3 is 2.43 bits per heavy atom. The highest BCUT2D eigenvalue weighted by Crippen LogP contribution is 2.53. The van der Waals surface area contributed by atoms with Gasteiger partial charge in [-0.1, -0.05) is 36.4 Å². The maximum absolute atomic E-state index is 15.4. The van der Waals surface area contributed by atoms with Gasteiger partial charge in [0.25, 0.3) is 6.09 Å². The van der Waals surface area contributed by atoms with Crippen molar-refractivity contribution >= 4 is 33.4 Å². The number of rotatable bonds is 7. The Labute approximate surface area is 268 Å². The van der Waals surface area contributed by atoms with Crippen molar-refractivity contribution in [3.05, 3.63) is 114 Å². The number of hydrogen-bond donors (Lipinski definition) is 1. The summed E-state index contributed by atoms with van der Waals surface area (Å²) < 4.78 is 63.0. The van der Waals surface area contributed by atoms with Gasteiger partial charge < -0.3 is 24.9 Å². The van der Waals surface area contributed by atoms with Crippen LogP contribution in [0, 0.1) is 23.0 Å². The van der Waals surface area contributed by atoms with Crippen molar-refractivity contribution in [1.29, 1.82) is 5.26 Å². The number of carboxylic acid groups (broad SMARTS) is 1. The van der Waals surface area contributed by atoms with Crippen molar-refractivity contribution in [1.82, 2.24) is 4.98 Å². The lowest BCUT2D eigenvalue weighted by molar-refractivity contribution is -0.793. The van der Waals surface area contributed by atoms with Gasteiger partial charge in [-0.2, -0.15) is 17.6 Å². The van der Waals surface area contributed by atoms with Crippen LogP contribution >= 0.6 is 0 Å². The molecule has 2 aliphatic rings. The van der Waals surface area contributed by atoms with Gasteiger partial charge in [-0.25, -0.2) is 8.78 Å². The fraction of sp³-hybridized carbons (Fsp3) is 0.212. The summed E-state index contributed by atoms with van der Waals surface area (Å²) in [6, 6.07) is 14.9. The standard InChI is InChI=1S/C33H27F2N5O6S/c1-2-46-27-10-6-4-8-24(27)30-31(29-23-7-3-5-9-26(23)38-32(29)41)40(33(42)43,47(44,45)28-12-11-20(34)17-25(28)35)19-22(18-36)39(30)21-13-15-37-16-14-21/h3-17,22,29-31H,2,19H2,1H3,(H-,38,41,42,43). The lowest BCUT2D eigenvalue weighted by atomic mass is 9.80. The van der Waals surface area contributed by atoms with Crippen LogP contribution in [-0.2, 0) is 14.8 Å². The second kappa shape index (κ2) is 12.1. The molecule has 1 aromatic heterocycles. The van der Waals surface area contributed by atoms with Crippen molar-refractivity contribution in [2.24, 2.45) is 0 Å². The number of nitrogens with zero attached hydrogens (tertiary/aromatic N) is 4. The van der Waals surface area contributed by atoms with E-state index in [2.05, 4.69) is 10.3 Å². The summed E-state index contributed by atoms with van der Waals surface area (Å²) in [5, 5.41) is 27.1. The molecule has 2 amide bonds. The summed E-state index contributed by atoms with van der Waals surface area (Å²) in [6.07, 6.45) is 0.689. The minimum atomic E-state index is -5.47. The lowest BCUT2D eigenvalue weighted by Gasteiger charge is -2.55. The van der Waals surface area contributed by atoms with Gasteiger partial charge in [-0.15, -0.1) is 0 Å². The van der Waals surface area contributed by atoms with E-state index in [0.717, 1.165) is 0 Å². The molecule has 0 saturated carbocycles. The molecule has 14 heteroatoms.